The van der Waals surface area contributed by atoms with Gasteiger partial charge in [-0.05, 0) is 24.8 Å². The summed E-state index contributed by atoms with van der Waals surface area (Å²) in [6.07, 6.45) is 4.60. The maximum atomic E-state index is 12.9. The van der Waals surface area contributed by atoms with Crippen LogP contribution in [0.2, 0.25) is 0 Å². The maximum Gasteiger partial charge on any atom is 0.327 e. The number of nitriles is 1. The molecule has 1 aliphatic rings. The summed E-state index contributed by atoms with van der Waals surface area (Å²) in [5, 5.41) is 10.1. The van der Waals surface area contributed by atoms with E-state index in [0.29, 0.717) is 12.8 Å². The largest absolute Gasteiger partial charge is 0.468 e. The van der Waals surface area contributed by atoms with Crippen LogP contribution in [0, 0.1) is 22.2 Å². The Bertz CT molecular complexity index is 691. The normalized spacial score (nSPS) is 23.8. The van der Waals surface area contributed by atoms with Gasteiger partial charge in [-0.3, -0.25) is 9.59 Å². The van der Waals surface area contributed by atoms with Crippen LogP contribution in [0.25, 0.3) is 0 Å². The molecule has 0 saturated heterocycles. The first-order valence-corrected chi connectivity index (χ1v) is 8.65. The summed E-state index contributed by atoms with van der Waals surface area (Å²) in [7, 11) is 1.28. The van der Waals surface area contributed by atoms with Gasteiger partial charge in [-0.1, -0.05) is 49.8 Å². The second kappa shape index (κ2) is 7.65. The Morgan fingerprint density at radius 3 is 2.64 bits per heavy atom. The topological polar surface area (TPSA) is 67.2 Å². The predicted molar refractivity (Wildman–Crippen MR) is 95.6 cm³/mol. The molecule has 0 aliphatic heterocycles. The van der Waals surface area contributed by atoms with Gasteiger partial charge in [0.05, 0.1) is 13.2 Å². The van der Waals surface area contributed by atoms with Gasteiger partial charge in [-0.25, -0.2) is 0 Å². The number of benzene rings is 1. The Morgan fingerprint density at radius 1 is 1.44 bits per heavy atom. The second-order valence-electron chi connectivity index (χ2n) is 6.96. The van der Waals surface area contributed by atoms with Gasteiger partial charge in [0.25, 0.3) is 0 Å². The summed E-state index contributed by atoms with van der Waals surface area (Å²) in [5.74, 6) is -1.08. The molecule has 0 aromatic heterocycles. The number of hydrogen-bond donors (Lipinski definition) is 0. The smallest absolute Gasteiger partial charge is 0.327 e. The van der Waals surface area contributed by atoms with Gasteiger partial charge >= 0.3 is 5.97 Å². The van der Waals surface area contributed by atoms with Crippen LogP contribution >= 0.6 is 0 Å². The standard InChI is InChI=1S/C21H25NO3/c1-4-13-21(15-22,19(24)25-3)18(16-10-6-5-7-11-16)20(2)14-9-8-12-17(20)23/h4-7,10-11,18H,1,8-9,12-14H2,2-3H3. The first kappa shape index (κ1) is 18.9. The van der Waals surface area contributed by atoms with Gasteiger partial charge < -0.3 is 4.74 Å². The molecule has 3 unspecified atom stereocenters. The van der Waals surface area contributed by atoms with Crippen molar-refractivity contribution in [2.75, 3.05) is 7.11 Å². The van der Waals surface area contributed by atoms with E-state index in [1.165, 1.54) is 7.11 Å². The van der Waals surface area contributed by atoms with Crippen molar-refractivity contribution >= 4 is 11.8 Å². The molecule has 132 valence electrons. The molecule has 1 saturated carbocycles. The van der Waals surface area contributed by atoms with E-state index in [2.05, 4.69) is 12.6 Å². The Balaban J connectivity index is 2.73. The van der Waals surface area contributed by atoms with Gasteiger partial charge in [0.1, 0.15) is 5.78 Å². The molecule has 3 atom stereocenters. The van der Waals surface area contributed by atoms with Crippen molar-refractivity contribution in [3.05, 3.63) is 48.6 Å². The fourth-order valence-electron chi connectivity index (χ4n) is 4.23. The molecule has 0 spiro atoms. The Labute approximate surface area is 149 Å². The lowest BCUT2D eigenvalue weighted by molar-refractivity contribution is -0.154. The summed E-state index contributed by atoms with van der Waals surface area (Å²) in [5.41, 5.74) is -1.44. The minimum atomic E-state index is -1.47. The fourth-order valence-corrected chi connectivity index (χ4v) is 4.23. The molecular weight excluding hydrogens is 314 g/mol. The minimum absolute atomic E-state index is 0.111. The number of methoxy groups -OCH3 is 1. The van der Waals surface area contributed by atoms with Gasteiger partial charge in [0.15, 0.2) is 5.41 Å². The highest BCUT2D eigenvalue weighted by atomic mass is 16.5. The highest BCUT2D eigenvalue weighted by molar-refractivity contribution is 5.89. The SMILES string of the molecule is C=CCC(C#N)(C(=O)OC)C(c1ccccc1)C1(C)CCCCC1=O. The third-order valence-corrected chi connectivity index (χ3v) is 5.47. The molecule has 1 aromatic rings. The van der Waals surface area contributed by atoms with Gasteiger partial charge in [0, 0.05) is 17.8 Å². The molecule has 25 heavy (non-hydrogen) atoms. The Morgan fingerprint density at radius 2 is 2.12 bits per heavy atom. The summed E-state index contributed by atoms with van der Waals surface area (Å²) >= 11 is 0. The zero-order valence-corrected chi connectivity index (χ0v) is 15.0. The van der Waals surface area contributed by atoms with E-state index in [-0.39, 0.29) is 12.2 Å². The highest BCUT2D eigenvalue weighted by Crippen LogP contribution is 2.55. The zero-order valence-electron chi connectivity index (χ0n) is 15.0. The number of Topliss-reactive ketones (excluding diaryl/α,β-unsaturated/α-hetero) is 1. The molecule has 1 aliphatic carbocycles. The summed E-state index contributed by atoms with van der Waals surface area (Å²) in [6.45, 7) is 5.62. The first-order valence-electron chi connectivity index (χ1n) is 8.65. The molecule has 0 N–H and O–H groups in total. The highest BCUT2D eigenvalue weighted by Gasteiger charge is 2.57. The summed E-state index contributed by atoms with van der Waals surface area (Å²) < 4.78 is 5.01. The zero-order chi connectivity index (χ0) is 18.5. The lowest BCUT2D eigenvalue weighted by Crippen LogP contribution is -2.49. The number of esters is 1. The molecule has 0 bridgehead atoms. The quantitative estimate of drug-likeness (QED) is 0.576. The van der Waals surface area contributed by atoms with E-state index in [4.69, 9.17) is 4.74 Å². The van der Waals surface area contributed by atoms with Crippen LogP contribution < -0.4 is 0 Å². The van der Waals surface area contributed by atoms with Crippen molar-refractivity contribution in [3.63, 3.8) is 0 Å². The number of allylic oxidation sites excluding steroid dienone is 1. The average Bonchev–Trinajstić information content (AvgIpc) is 2.64. The first-order chi connectivity index (χ1) is 12.0. The monoisotopic (exact) mass is 339 g/mol. The van der Waals surface area contributed by atoms with Crippen LogP contribution in [0.15, 0.2) is 43.0 Å². The van der Waals surface area contributed by atoms with E-state index < -0.39 is 22.7 Å². The third-order valence-electron chi connectivity index (χ3n) is 5.47. The molecule has 0 heterocycles. The summed E-state index contributed by atoms with van der Waals surface area (Å²) in [6, 6.07) is 11.6. The fraction of sp³-hybridized carbons (Fsp3) is 0.476. The molecule has 1 aromatic carbocycles. The minimum Gasteiger partial charge on any atom is -0.468 e. The Hall–Kier alpha value is -2.41. The molecule has 2 rings (SSSR count). The number of carbonyl (C=O) groups excluding carboxylic acids is 2. The second-order valence-corrected chi connectivity index (χ2v) is 6.96. The molecule has 1 fully saturated rings. The van der Waals surface area contributed by atoms with Gasteiger partial charge in [-0.15, -0.1) is 6.58 Å². The molecule has 0 radical (unpaired) electrons. The van der Waals surface area contributed by atoms with Crippen molar-refractivity contribution in [2.45, 2.75) is 44.9 Å². The van der Waals surface area contributed by atoms with E-state index in [0.717, 1.165) is 18.4 Å². The predicted octanol–water partition coefficient (Wildman–Crippen LogP) is 4.18. The lowest BCUT2D eigenvalue weighted by Gasteiger charge is -2.45. The lowest BCUT2D eigenvalue weighted by atomic mass is 9.54. The Kier molecular flexibility index (Phi) is 5.79. The van der Waals surface area contributed by atoms with Crippen molar-refractivity contribution < 1.29 is 14.3 Å². The van der Waals surface area contributed by atoms with Crippen molar-refractivity contribution in [1.29, 1.82) is 5.26 Å². The maximum absolute atomic E-state index is 12.9. The number of rotatable bonds is 6. The van der Waals surface area contributed by atoms with Crippen LogP contribution in [0.1, 0.15) is 50.5 Å². The molecule has 4 nitrogen and oxygen atoms in total. The van der Waals surface area contributed by atoms with Crippen LogP contribution in [0.3, 0.4) is 0 Å². The van der Waals surface area contributed by atoms with Crippen LogP contribution in [0.5, 0.6) is 0 Å². The van der Waals surface area contributed by atoms with Crippen molar-refractivity contribution in [3.8, 4) is 6.07 Å². The van der Waals surface area contributed by atoms with Gasteiger partial charge in [0.2, 0.25) is 0 Å². The summed E-state index contributed by atoms with van der Waals surface area (Å²) in [4.78, 5) is 25.7. The van der Waals surface area contributed by atoms with E-state index >= 15 is 0 Å². The van der Waals surface area contributed by atoms with E-state index in [1.54, 1.807) is 6.08 Å². The number of hydrogen-bond acceptors (Lipinski definition) is 4. The van der Waals surface area contributed by atoms with Crippen LogP contribution in [-0.2, 0) is 14.3 Å². The molecular formula is C21H25NO3. The van der Waals surface area contributed by atoms with Crippen molar-refractivity contribution in [1.82, 2.24) is 0 Å². The molecule has 4 heteroatoms. The number of carbonyl (C=O) groups is 2. The average molecular weight is 339 g/mol. The third kappa shape index (κ3) is 3.24. The number of nitrogens with zero attached hydrogens (tertiary/aromatic N) is 1. The molecule has 0 amide bonds. The van der Waals surface area contributed by atoms with Crippen LogP contribution in [0.4, 0.5) is 0 Å². The van der Waals surface area contributed by atoms with E-state index in [1.807, 2.05) is 37.3 Å². The van der Waals surface area contributed by atoms with Crippen LogP contribution in [-0.4, -0.2) is 18.9 Å². The van der Waals surface area contributed by atoms with E-state index in [9.17, 15) is 14.9 Å². The van der Waals surface area contributed by atoms with Crippen molar-refractivity contribution in [2.24, 2.45) is 10.8 Å². The van der Waals surface area contributed by atoms with Gasteiger partial charge in [-0.2, -0.15) is 5.26 Å². The number of ether oxygens (including phenoxy) is 1. The number of ketones is 1.